The summed E-state index contributed by atoms with van der Waals surface area (Å²) in [5.74, 6) is 0.243. The van der Waals surface area contributed by atoms with Gasteiger partial charge < -0.3 is 4.90 Å². The van der Waals surface area contributed by atoms with Crippen LogP contribution in [-0.4, -0.2) is 56.5 Å². The normalized spacial score (nSPS) is 15.4. The lowest BCUT2D eigenvalue weighted by atomic mass is 10.1. The molecule has 4 rings (SSSR count). The first-order valence-electron chi connectivity index (χ1n) is 11.3. The Kier molecular flexibility index (Phi) is 6.37. The Bertz CT molecular complexity index is 1070. The Morgan fingerprint density at radius 2 is 1.77 bits per heavy atom. The van der Waals surface area contributed by atoms with Gasteiger partial charge in [0.05, 0.1) is 5.69 Å². The fourth-order valence-corrected chi connectivity index (χ4v) is 4.52. The fourth-order valence-electron chi connectivity index (χ4n) is 4.52. The molecule has 0 aliphatic carbocycles. The Morgan fingerprint density at radius 3 is 2.55 bits per heavy atom. The lowest BCUT2D eigenvalue weighted by molar-refractivity contribution is -0.131. The molecule has 164 valence electrons. The van der Waals surface area contributed by atoms with Gasteiger partial charge in [0, 0.05) is 56.6 Å². The number of fused-ring (bicyclic) bond motifs is 1. The first-order valence-corrected chi connectivity index (χ1v) is 11.3. The fraction of sp³-hybridized carbons (Fsp3) is 0.480. The van der Waals surface area contributed by atoms with Crippen LogP contribution < -0.4 is 0 Å². The minimum absolute atomic E-state index is 0.243. The van der Waals surface area contributed by atoms with Crippen LogP contribution in [-0.2, 0) is 17.8 Å². The minimum Gasteiger partial charge on any atom is -0.341 e. The molecule has 1 aliphatic heterocycles. The van der Waals surface area contributed by atoms with Crippen molar-refractivity contribution in [3.8, 4) is 0 Å². The molecule has 1 saturated heterocycles. The molecular weight excluding hydrogens is 386 g/mol. The van der Waals surface area contributed by atoms with E-state index in [4.69, 9.17) is 0 Å². The van der Waals surface area contributed by atoms with Crippen LogP contribution in [0, 0.1) is 27.7 Å². The number of hydrogen-bond acceptors (Lipinski definition) is 4. The zero-order chi connectivity index (χ0) is 22.0. The summed E-state index contributed by atoms with van der Waals surface area (Å²) < 4.78 is 1.90. The van der Waals surface area contributed by atoms with E-state index in [2.05, 4.69) is 53.1 Å². The van der Waals surface area contributed by atoms with Gasteiger partial charge in [-0.3, -0.25) is 9.69 Å². The van der Waals surface area contributed by atoms with Crippen LogP contribution in [0.4, 0.5) is 0 Å². The van der Waals surface area contributed by atoms with Gasteiger partial charge in [0.2, 0.25) is 5.91 Å². The topological polar surface area (TPSA) is 53.7 Å². The maximum Gasteiger partial charge on any atom is 0.222 e. The molecule has 3 aromatic rings. The van der Waals surface area contributed by atoms with E-state index in [1.807, 2.05) is 29.3 Å². The van der Waals surface area contributed by atoms with E-state index >= 15 is 0 Å². The predicted molar refractivity (Wildman–Crippen MR) is 123 cm³/mol. The number of aromatic nitrogens is 3. The third kappa shape index (κ3) is 4.96. The van der Waals surface area contributed by atoms with Crippen LogP contribution in [0.3, 0.4) is 0 Å². The zero-order valence-corrected chi connectivity index (χ0v) is 19.2. The molecule has 31 heavy (non-hydrogen) atoms. The van der Waals surface area contributed by atoms with E-state index in [0.29, 0.717) is 12.8 Å². The van der Waals surface area contributed by atoms with Crippen molar-refractivity contribution in [2.75, 3.05) is 26.2 Å². The molecule has 0 N–H and O–H groups in total. The highest BCUT2D eigenvalue weighted by Gasteiger charge is 2.20. The van der Waals surface area contributed by atoms with Gasteiger partial charge >= 0.3 is 0 Å². The third-order valence-corrected chi connectivity index (χ3v) is 6.34. The van der Waals surface area contributed by atoms with Gasteiger partial charge in [-0.25, -0.2) is 9.50 Å². The summed E-state index contributed by atoms with van der Waals surface area (Å²) in [6, 6.07) is 10.8. The number of nitrogens with zero attached hydrogens (tertiary/aromatic N) is 5. The molecule has 0 spiro atoms. The number of hydrogen-bond donors (Lipinski definition) is 0. The molecule has 6 heteroatoms. The molecular formula is C25H33N5O. The molecule has 2 aromatic heterocycles. The number of aryl methyl sites for hydroxylation is 4. The SMILES string of the molecule is Cc1ccc(CN2CCCN(C(=O)CCc3c(C)nc4cc(C)nn4c3C)CC2)cc1. The lowest BCUT2D eigenvalue weighted by Gasteiger charge is -2.22. The molecule has 1 fully saturated rings. The highest BCUT2D eigenvalue weighted by Crippen LogP contribution is 2.18. The second-order valence-electron chi connectivity index (χ2n) is 8.81. The molecule has 1 aromatic carbocycles. The van der Waals surface area contributed by atoms with Crippen molar-refractivity contribution in [2.45, 2.75) is 53.5 Å². The number of rotatable bonds is 5. The second-order valence-corrected chi connectivity index (χ2v) is 8.81. The summed E-state index contributed by atoms with van der Waals surface area (Å²) in [7, 11) is 0. The smallest absolute Gasteiger partial charge is 0.222 e. The van der Waals surface area contributed by atoms with E-state index in [0.717, 1.165) is 67.4 Å². The monoisotopic (exact) mass is 419 g/mol. The summed E-state index contributed by atoms with van der Waals surface area (Å²) in [5.41, 5.74) is 7.69. The Labute approximate surface area is 184 Å². The molecule has 0 saturated carbocycles. The van der Waals surface area contributed by atoms with Crippen LogP contribution in [0.25, 0.3) is 5.65 Å². The summed E-state index contributed by atoms with van der Waals surface area (Å²) >= 11 is 0. The van der Waals surface area contributed by atoms with E-state index in [9.17, 15) is 4.79 Å². The maximum absolute atomic E-state index is 13.0. The molecule has 0 atom stereocenters. The van der Waals surface area contributed by atoms with Crippen molar-refractivity contribution in [1.29, 1.82) is 0 Å². The Morgan fingerprint density at radius 1 is 1.00 bits per heavy atom. The van der Waals surface area contributed by atoms with Gasteiger partial charge in [0.1, 0.15) is 0 Å². The van der Waals surface area contributed by atoms with Crippen LogP contribution in [0.1, 0.15) is 46.6 Å². The standard InChI is InChI=1S/C25H33N5O/c1-18-6-8-22(9-7-18)17-28-12-5-13-29(15-14-28)25(31)11-10-23-20(3)26-24-16-19(2)27-30(24)21(23)4/h6-9,16H,5,10-15,17H2,1-4H3. The van der Waals surface area contributed by atoms with Crippen molar-refractivity contribution in [3.05, 3.63) is 64.1 Å². The second kappa shape index (κ2) is 9.18. The van der Waals surface area contributed by atoms with Crippen molar-refractivity contribution in [1.82, 2.24) is 24.4 Å². The van der Waals surface area contributed by atoms with Gasteiger partial charge in [-0.05, 0) is 51.7 Å². The molecule has 0 bridgehead atoms. The summed E-state index contributed by atoms with van der Waals surface area (Å²) in [6.45, 7) is 12.8. The summed E-state index contributed by atoms with van der Waals surface area (Å²) in [6.07, 6.45) is 2.25. The zero-order valence-electron chi connectivity index (χ0n) is 19.2. The average Bonchev–Trinajstić information content (AvgIpc) is 2.95. The van der Waals surface area contributed by atoms with Gasteiger partial charge in [-0.2, -0.15) is 5.10 Å². The van der Waals surface area contributed by atoms with E-state index in [1.165, 1.54) is 11.1 Å². The van der Waals surface area contributed by atoms with Crippen molar-refractivity contribution in [2.24, 2.45) is 0 Å². The summed E-state index contributed by atoms with van der Waals surface area (Å²) in [5, 5.41) is 4.54. The first-order chi connectivity index (χ1) is 14.9. The molecule has 1 amide bonds. The van der Waals surface area contributed by atoms with Gasteiger partial charge in [-0.1, -0.05) is 29.8 Å². The lowest BCUT2D eigenvalue weighted by Crippen LogP contribution is -2.35. The Balaban J connectivity index is 1.35. The minimum atomic E-state index is 0.243. The number of benzene rings is 1. The van der Waals surface area contributed by atoms with E-state index < -0.39 is 0 Å². The van der Waals surface area contributed by atoms with E-state index in [1.54, 1.807) is 0 Å². The van der Waals surface area contributed by atoms with Crippen molar-refractivity contribution < 1.29 is 4.79 Å². The molecule has 0 radical (unpaired) electrons. The van der Waals surface area contributed by atoms with Crippen molar-refractivity contribution >= 4 is 11.6 Å². The van der Waals surface area contributed by atoms with Crippen LogP contribution >= 0.6 is 0 Å². The van der Waals surface area contributed by atoms with Gasteiger partial charge in [0.15, 0.2) is 5.65 Å². The van der Waals surface area contributed by atoms with E-state index in [-0.39, 0.29) is 5.91 Å². The largest absolute Gasteiger partial charge is 0.341 e. The molecule has 1 aliphatic rings. The average molecular weight is 420 g/mol. The highest BCUT2D eigenvalue weighted by molar-refractivity contribution is 5.76. The highest BCUT2D eigenvalue weighted by atomic mass is 16.2. The maximum atomic E-state index is 13.0. The predicted octanol–water partition coefficient (Wildman–Crippen LogP) is 3.63. The Hall–Kier alpha value is -2.73. The number of amides is 1. The van der Waals surface area contributed by atoms with Gasteiger partial charge in [-0.15, -0.1) is 0 Å². The molecule has 6 nitrogen and oxygen atoms in total. The van der Waals surface area contributed by atoms with Crippen molar-refractivity contribution in [3.63, 3.8) is 0 Å². The van der Waals surface area contributed by atoms with Crippen LogP contribution in [0.5, 0.6) is 0 Å². The molecule has 0 unspecified atom stereocenters. The number of carbonyl (C=O) groups excluding carboxylic acids is 1. The quantitative estimate of drug-likeness (QED) is 0.634. The van der Waals surface area contributed by atoms with Crippen LogP contribution in [0.15, 0.2) is 30.3 Å². The third-order valence-electron chi connectivity index (χ3n) is 6.34. The summed E-state index contributed by atoms with van der Waals surface area (Å²) in [4.78, 5) is 22.2. The van der Waals surface area contributed by atoms with Gasteiger partial charge in [0.25, 0.3) is 0 Å². The first kappa shape index (κ1) is 21.5. The number of carbonyl (C=O) groups is 1. The van der Waals surface area contributed by atoms with Crippen LogP contribution in [0.2, 0.25) is 0 Å². The molecule has 3 heterocycles.